The molecular weight excluding hydrogens is 300 g/mol. The first-order chi connectivity index (χ1) is 11.8. The molecule has 1 amide bonds. The summed E-state index contributed by atoms with van der Waals surface area (Å²) in [6.45, 7) is 0.542. The fourth-order valence-electron chi connectivity index (χ4n) is 2.61. The van der Waals surface area contributed by atoms with Gasteiger partial charge < -0.3 is 15.8 Å². The molecule has 0 aliphatic heterocycles. The maximum Gasteiger partial charge on any atom is 0.407 e. The van der Waals surface area contributed by atoms with Gasteiger partial charge in [-0.1, -0.05) is 66.7 Å². The van der Waals surface area contributed by atoms with E-state index in [4.69, 9.17) is 10.5 Å². The summed E-state index contributed by atoms with van der Waals surface area (Å²) in [5.41, 5.74) is 7.75. The summed E-state index contributed by atoms with van der Waals surface area (Å²) in [7, 11) is 0. The fourth-order valence-corrected chi connectivity index (χ4v) is 2.61. The molecule has 1 atom stereocenters. The molecule has 0 radical (unpaired) electrons. The average Bonchev–Trinajstić information content (AvgIpc) is 2.65. The van der Waals surface area contributed by atoms with Crippen molar-refractivity contribution in [3.63, 3.8) is 0 Å². The van der Waals surface area contributed by atoms with Crippen molar-refractivity contribution >= 4 is 16.9 Å². The number of benzene rings is 3. The number of rotatable bonds is 5. The van der Waals surface area contributed by atoms with Crippen molar-refractivity contribution in [3.8, 4) is 0 Å². The highest BCUT2D eigenvalue weighted by Gasteiger charge is 2.14. The molecule has 0 heterocycles. The number of carbonyl (C=O) groups excluding carboxylic acids is 1. The highest BCUT2D eigenvalue weighted by molar-refractivity contribution is 5.83. The van der Waals surface area contributed by atoms with E-state index < -0.39 is 6.09 Å². The van der Waals surface area contributed by atoms with Gasteiger partial charge in [0.2, 0.25) is 0 Å². The first-order valence-corrected chi connectivity index (χ1v) is 7.92. The highest BCUT2D eigenvalue weighted by atomic mass is 16.5. The second-order valence-electron chi connectivity index (χ2n) is 5.60. The Balaban J connectivity index is 1.65. The Bertz CT molecular complexity index is 818. The fraction of sp³-hybridized carbons (Fsp3) is 0.150. The Labute approximate surface area is 141 Å². The molecule has 0 saturated heterocycles. The first kappa shape index (κ1) is 16.0. The number of carbonyl (C=O) groups is 1. The zero-order chi connectivity index (χ0) is 16.8. The van der Waals surface area contributed by atoms with Gasteiger partial charge in [0.25, 0.3) is 0 Å². The molecule has 4 heteroatoms. The summed E-state index contributed by atoms with van der Waals surface area (Å²) in [6, 6.07) is 23.4. The summed E-state index contributed by atoms with van der Waals surface area (Å²) in [4.78, 5) is 12.0. The van der Waals surface area contributed by atoms with Gasteiger partial charge in [-0.05, 0) is 28.0 Å². The molecule has 0 unspecified atom stereocenters. The van der Waals surface area contributed by atoms with E-state index in [0.717, 1.165) is 21.9 Å². The van der Waals surface area contributed by atoms with Crippen LogP contribution in [-0.2, 0) is 11.3 Å². The van der Waals surface area contributed by atoms with Crippen molar-refractivity contribution in [1.82, 2.24) is 5.32 Å². The number of hydrogen-bond donors (Lipinski definition) is 2. The molecule has 122 valence electrons. The lowest BCUT2D eigenvalue weighted by Crippen LogP contribution is -2.33. The molecule has 0 fully saturated rings. The second kappa shape index (κ2) is 7.62. The monoisotopic (exact) mass is 320 g/mol. The number of nitrogens with two attached hydrogens (primary N) is 1. The zero-order valence-electron chi connectivity index (χ0n) is 13.3. The van der Waals surface area contributed by atoms with E-state index in [1.807, 2.05) is 66.7 Å². The summed E-state index contributed by atoms with van der Waals surface area (Å²) >= 11 is 0. The summed E-state index contributed by atoms with van der Waals surface area (Å²) < 4.78 is 5.26. The van der Waals surface area contributed by atoms with Crippen LogP contribution in [0.25, 0.3) is 10.8 Å². The largest absolute Gasteiger partial charge is 0.445 e. The summed E-state index contributed by atoms with van der Waals surface area (Å²) in [5.74, 6) is 0. The van der Waals surface area contributed by atoms with Crippen molar-refractivity contribution in [2.45, 2.75) is 12.6 Å². The van der Waals surface area contributed by atoms with Crippen LogP contribution in [0.5, 0.6) is 0 Å². The summed E-state index contributed by atoms with van der Waals surface area (Å²) in [5, 5.41) is 5.11. The molecule has 4 nitrogen and oxygen atoms in total. The van der Waals surface area contributed by atoms with Crippen LogP contribution < -0.4 is 11.1 Å². The molecular formula is C20H20N2O2. The predicted octanol–water partition coefficient (Wildman–Crippen LogP) is 3.77. The van der Waals surface area contributed by atoms with Crippen LogP contribution in [0.15, 0.2) is 72.8 Å². The maximum atomic E-state index is 12.0. The van der Waals surface area contributed by atoms with Crippen molar-refractivity contribution < 1.29 is 9.53 Å². The van der Waals surface area contributed by atoms with Gasteiger partial charge in [0.1, 0.15) is 6.61 Å². The topological polar surface area (TPSA) is 64.3 Å². The van der Waals surface area contributed by atoms with Gasteiger partial charge in [0.15, 0.2) is 0 Å². The lowest BCUT2D eigenvalue weighted by atomic mass is 10.0. The van der Waals surface area contributed by atoms with Gasteiger partial charge in [-0.25, -0.2) is 4.79 Å². The third kappa shape index (κ3) is 3.91. The first-order valence-electron chi connectivity index (χ1n) is 7.92. The highest BCUT2D eigenvalue weighted by Crippen LogP contribution is 2.20. The minimum absolute atomic E-state index is 0.238. The van der Waals surface area contributed by atoms with E-state index >= 15 is 0 Å². The van der Waals surface area contributed by atoms with Crippen molar-refractivity contribution in [2.75, 3.05) is 6.54 Å². The van der Waals surface area contributed by atoms with Gasteiger partial charge >= 0.3 is 6.09 Å². The molecule has 3 aromatic carbocycles. The Morgan fingerprint density at radius 3 is 2.42 bits per heavy atom. The minimum atomic E-state index is -0.470. The minimum Gasteiger partial charge on any atom is -0.445 e. The molecule has 0 aliphatic rings. The number of amides is 1. The van der Waals surface area contributed by atoms with Gasteiger partial charge in [0, 0.05) is 6.54 Å². The summed E-state index contributed by atoms with van der Waals surface area (Å²) in [6.07, 6.45) is -0.470. The van der Waals surface area contributed by atoms with Crippen molar-refractivity contribution in [1.29, 1.82) is 0 Å². The number of fused-ring (bicyclic) bond motifs is 1. The quantitative estimate of drug-likeness (QED) is 0.752. The van der Waals surface area contributed by atoms with E-state index in [1.54, 1.807) is 0 Å². The van der Waals surface area contributed by atoms with Gasteiger partial charge in [-0.2, -0.15) is 0 Å². The van der Waals surface area contributed by atoms with E-state index in [-0.39, 0.29) is 12.6 Å². The van der Waals surface area contributed by atoms with Gasteiger partial charge in [0.05, 0.1) is 6.04 Å². The Morgan fingerprint density at radius 2 is 1.67 bits per heavy atom. The van der Waals surface area contributed by atoms with Crippen molar-refractivity contribution in [2.24, 2.45) is 5.73 Å². The van der Waals surface area contributed by atoms with Crippen LogP contribution in [0.4, 0.5) is 4.79 Å². The molecule has 0 aliphatic carbocycles. The van der Waals surface area contributed by atoms with E-state index in [0.29, 0.717) is 6.54 Å². The maximum absolute atomic E-state index is 12.0. The van der Waals surface area contributed by atoms with Crippen LogP contribution in [0.1, 0.15) is 17.2 Å². The molecule has 0 bridgehead atoms. The van der Waals surface area contributed by atoms with Crippen molar-refractivity contribution in [3.05, 3.63) is 83.9 Å². The van der Waals surface area contributed by atoms with Crippen LogP contribution in [0.3, 0.4) is 0 Å². The van der Waals surface area contributed by atoms with Gasteiger partial charge in [-0.15, -0.1) is 0 Å². The molecule has 0 saturated carbocycles. The lowest BCUT2D eigenvalue weighted by Gasteiger charge is -2.18. The second-order valence-corrected chi connectivity index (χ2v) is 5.60. The molecule has 0 spiro atoms. The van der Waals surface area contributed by atoms with E-state index in [1.165, 1.54) is 0 Å². The van der Waals surface area contributed by atoms with Gasteiger partial charge in [-0.3, -0.25) is 0 Å². The molecule has 0 aromatic heterocycles. The number of ether oxygens (including phenoxy) is 1. The van der Waals surface area contributed by atoms with Crippen LogP contribution in [0.2, 0.25) is 0 Å². The third-order valence-corrected chi connectivity index (χ3v) is 3.92. The molecule has 3 aromatic rings. The lowest BCUT2D eigenvalue weighted by molar-refractivity contribution is 0.136. The van der Waals surface area contributed by atoms with E-state index in [9.17, 15) is 4.79 Å². The Hall–Kier alpha value is -2.85. The molecule has 3 rings (SSSR count). The normalized spacial score (nSPS) is 11.9. The van der Waals surface area contributed by atoms with Crippen LogP contribution in [0, 0.1) is 0 Å². The number of hydrogen-bond acceptors (Lipinski definition) is 3. The molecule has 24 heavy (non-hydrogen) atoms. The molecule has 3 N–H and O–H groups in total. The third-order valence-electron chi connectivity index (χ3n) is 3.92. The van der Waals surface area contributed by atoms with E-state index in [2.05, 4.69) is 11.4 Å². The Kier molecular flexibility index (Phi) is 5.08. The Morgan fingerprint density at radius 1 is 0.958 bits per heavy atom. The number of nitrogens with one attached hydrogen (secondary N) is 1. The smallest absolute Gasteiger partial charge is 0.407 e. The standard InChI is InChI=1S/C20H20N2O2/c21-13-19(18-11-10-16-8-4-5-9-17(16)12-18)22-20(23)24-14-15-6-2-1-3-7-15/h1-12,19H,13-14,21H2,(H,22,23)/t19-/m1/s1. The average molecular weight is 320 g/mol. The zero-order valence-corrected chi connectivity index (χ0v) is 13.3. The predicted molar refractivity (Wildman–Crippen MR) is 95.5 cm³/mol. The van der Waals surface area contributed by atoms with Crippen LogP contribution in [-0.4, -0.2) is 12.6 Å². The SMILES string of the molecule is NC[C@@H](NC(=O)OCc1ccccc1)c1ccc2ccccc2c1. The van der Waals surface area contributed by atoms with Crippen LogP contribution >= 0.6 is 0 Å². The number of alkyl carbamates (subject to hydrolysis) is 1.